The van der Waals surface area contributed by atoms with E-state index in [1.54, 1.807) is 0 Å². The Balaban J connectivity index is 1.74. The number of nitrogens with zero attached hydrogens (tertiary/aromatic N) is 3. The molecule has 1 aromatic heterocycles. The summed E-state index contributed by atoms with van der Waals surface area (Å²) >= 11 is 0. The number of anilines is 3. The van der Waals surface area contributed by atoms with Crippen molar-refractivity contribution >= 4 is 34.3 Å². The van der Waals surface area contributed by atoms with Crippen LogP contribution in [0.15, 0.2) is 42.5 Å². The number of ether oxygens (including phenoxy) is 1. The number of nitrogen functional groups attached to an aromatic ring is 1. The van der Waals surface area contributed by atoms with Gasteiger partial charge in [0.2, 0.25) is 11.9 Å². The fourth-order valence-electron chi connectivity index (χ4n) is 3.27. The number of nitrogens with one attached hydrogen (secondary N) is 1. The fraction of sp³-hybridized carbons (Fsp3) is 0.250. The van der Waals surface area contributed by atoms with Crippen molar-refractivity contribution in [2.45, 2.75) is 6.92 Å². The van der Waals surface area contributed by atoms with Crippen LogP contribution >= 0.6 is 0 Å². The van der Waals surface area contributed by atoms with E-state index in [2.05, 4.69) is 26.3 Å². The SMILES string of the molecule is CC(=O)Nc1ccc(-c2ccc3nc(N)nc(N4CCOCC4)c3c2)cc1. The van der Waals surface area contributed by atoms with E-state index in [0.717, 1.165) is 46.6 Å². The lowest BCUT2D eigenvalue weighted by Crippen LogP contribution is -2.37. The van der Waals surface area contributed by atoms with Crippen molar-refractivity contribution in [2.24, 2.45) is 0 Å². The number of carbonyl (C=O) groups excluding carboxylic acids is 1. The second-order valence-electron chi connectivity index (χ2n) is 6.50. The molecule has 1 saturated heterocycles. The molecule has 1 aliphatic rings. The van der Waals surface area contributed by atoms with Gasteiger partial charge in [-0.1, -0.05) is 18.2 Å². The number of amides is 1. The number of morpholine rings is 1. The average molecular weight is 363 g/mol. The van der Waals surface area contributed by atoms with Gasteiger partial charge in [-0.2, -0.15) is 4.98 Å². The molecule has 0 atom stereocenters. The van der Waals surface area contributed by atoms with E-state index in [4.69, 9.17) is 10.5 Å². The van der Waals surface area contributed by atoms with E-state index < -0.39 is 0 Å². The predicted octanol–water partition coefficient (Wildman–Crippen LogP) is 2.67. The van der Waals surface area contributed by atoms with Gasteiger partial charge in [-0.05, 0) is 35.4 Å². The zero-order valence-electron chi connectivity index (χ0n) is 15.1. The second-order valence-corrected chi connectivity index (χ2v) is 6.50. The quantitative estimate of drug-likeness (QED) is 0.743. The van der Waals surface area contributed by atoms with Crippen LogP contribution in [0.1, 0.15) is 6.92 Å². The van der Waals surface area contributed by atoms with E-state index in [9.17, 15) is 4.79 Å². The van der Waals surface area contributed by atoms with Crippen LogP contribution in [0.25, 0.3) is 22.0 Å². The van der Waals surface area contributed by atoms with E-state index in [-0.39, 0.29) is 11.9 Å². The third kappa shape index (κ3) is 3.68. The van der Waals surface area contributed by atoms with Crippen LogP contribution in [0.4, 0.5) is 17.5 Å². The smallest absolute Gasteiger partial charge is 0.222 e. The van der Waals surface area contributed by atoms with Crippen LogP contribution in [0, 0.1) is 0 Å². The summed E-state index contributed by atoms with van der Waals surface area (Å²) in [5, 5.41) is 3.75. The number of hydrogen-bond acceptors (Lipinski definition) is 6. The summed E-state index contributed by atoms with van der Waals surface area (Å²) in [6, 6.07) is 13.8. The molecule has 0 aliphatic carbocycles. The van der Waals surface area contributed by atoms with Crippen LogP contribution in [0.5, 0.6) is 0 Å². The molecule has 7 nitrogen and oxygen atoms in total. The summed E-state index contributed by atoms with van der Waals surface area (Å²) in [7, 11) is 0. The van der Waals surface area contributed by atoms with E-state index in [0.29, 0.717) is 13.2 Å². The van der Waals surface area contributed by atoms with Crippen LogP contribution in [0.3, 0.4) is 0 Å². The number of hydrogen-bond donors (Lipinski definition) is 2. The van der Waals surface area contributed by atoms with Gasteiger partial charge in [0.15, 0.2) is 0 Å². The molecule has 1 amide bonds. The summed E-state index contributed by atoms with van der Waals surface area (Å²) in [5.41, 5.74) is 9.63. The molecule has 7 heteroatoms. The minimum absolute atomic E-state index is 0.0849. The van der Waals surface area contributed by atoms with Gasteiger partial charge in [0.1, 0.15) is 5.82 Å². The lowest BCUT2D eigenvalue weighted by atomic mass is 10.0. The Morgan fingerprint density at radius 2 is 1.78 bits per heavy atom. The predicted molar refractivity (Wildman–Crippen MR) is 107 cm³/mol. The molecule has 138 valence electrons. The number of nitrogens with two attached hydrogens (primary N) is 1. The van der Waals surface area contributed by atoms with E-state index in [1.165, 1.54) is 6.92 Å². The monoisotopic (exact) mass is 363 g/mol. The summed E-state index contributed by atoms with van der Waals surface area (Å²) < 4.78 is 5.45. The highest BCUT2D eigenvalue weighted by atomic mass is 16.5. The molecule has 2 heterocycles. The van der Waals surface area contributed by atoms with Crippen LogP contribution in [-0.4, -0.2) is 42.2 Å². The van der Waals surface area contributed by atoms with Crippen molar-refractivity contribution in [3.8, 4) is 11.1 Å². The highest BCUT2D eigenvalue weighted by molar-refractivity contribution is 5.94. The first-order chi connectivity index (χ1) is 13.1. The lowest BCUT2D eigenvalue weighted by molar-refractivity contribution is -0.114. The molecule has 1 fully saturated rings. The summed E-state index contributed by atoms with van der Waals surface area (Å²) in [4.78, 5) is 22.2. The molecule has 3 aromatic rings. The van der Waals surface area contributed by atoms with Gasteiger partial charge >= 0.3 is 0 Å². The Hall–Kier alpha value is -3.19. The first-order valence-electron chi connectivity index (χ1n) is 8.88. The van der Waals surface area contributed by atoms with Gasteiger partial charge in [0.05, 0.1) is 18.7 Å². The minimum Gasteiger partial charge on any atom is -0.378 e. The average Bonchev–Trinajstić information content (AvgIpc) is 2.68. The maximum Gasteiger partial charge on any atom is 0.222 e. The highest BCUT2D eigenvalue weighted by Crippen LogP contribution is 2.30. The van der Waals surface area contributed by atoms with Crippen molar-refractivity contribution in [1.82, 2.24) is 9.97 Å². The van der Waals surface area contributed by atoms with Crippen molar-refractivity contribution in [3.63, 3.8) is 0 Å². The molecule has 0 unspecified atom stereocenters. The number of fused-ring (bicyclic) bond motifs is 1. The molecule has 27 heavy (non-hydrogen) atoms. The van der Waals surface area contributed by atoms with Crippen LogP contribution in [0.2, 0.25) is 0 Å². The molecular weight excluding hydrogens is 342 g/mol. The van der Waals surface area contributed by atoms with Gasteiger partial charge in [-0.15, -0.1) is 0 Å². The Labute approximate surface area is 157 Å². The van der Waals surface area contributed by atoms with Crippen molar-refractivity contribution in [1.29, 1.82) is 0 Å². The highest BCUT2D eigenvalue weighted by Gasteiger charge is 2.17. The first-order valence-corrected chi connectivity index (χ1v) is 8.88. The third-order valence-corrected chi connectivity index (χ3v) is 4.54. The first kappa shape index (κ1) is 17.2. The Morgan fingerprint density at radius 3 is 2.48 bits per heavy atom. The summed E-state index contributed by atoms with van der Waals surface area (Å²) in [5.74, 6) is 1.03. The zero-order valence-corrected chi connectivity index (χ0v) is 15.1. The van der Waals surface area contributed by atoms with Crippen LogP contribution in [-0.2, 0) is 9.53 Å². The van der Waals surface area contributed by atoms with Gasteiger partial charge in [-0.25, -0.2) is 4.98 Å². The fourth-order valence-corrected chi connectivity index (χ4v) is 3.27. The summed E-state index contributed by atoms with van der Waals surface area (Å²) in [6.45, 7) is 4.41. The van der Waals surface area contributed by atoms with Gasteiger partial charge in [0, 0.05) is 31.1 Å². The molecule has 3 N–H and O–H groups in total. The Morgan fingerprint density at radius 1 is 1.07 bits per heavy atom. The van der Waals surface area contributed by atoms with Crippen molar-refractivity contribution in [2.75, 3.05) is 42.3 Å². The molecule has 1 aliphatic heterocycles. The number of rotatable bonds is 3. The maximum atomic E-state index is 11.2. The minimum atomic E-state index is -0.0849. The third-order valence-electron chi connectivity index (χ3n) is 4.54. The normalized spacial score (nSPS) is 14.3. The molecule has 0 spiro atoms. The molecule has 0 radical (unpaired) electrons. The number of aromatic nitrogens is 2. The topological polar surface area (TPSA) is 93.4 Å². The van der Waals surface area contributed by atoms with Gasteiger partial charge < -0.3 is 20.7 Å². The molecule has 2 aromatic carbocycles. The lowest BCUT2D eigenvalue weighted by Gasteiger charge is -2.28. The second kappa shape index (κ2) is 7.20. The van der Waals surface area contributed by atoms with Crippen molar-refractivity contribution < 1.29 is 9.53 Å². The molecular formula is C20H21N5O2. The zero-order chi connectivity index (χ0) is 18.8. The Kier molecular flexibility index (Phi) is 4.60. The van der Waals surface area contributed by atoms with Crippen LogP contribution < -0.4 is 16.0 Å². The number of carbonyl (C=O) groups is 1. The van der Waals surface area contributed by atoms with E-state index >= 15 is 0 Å². The standard InChI is InChI=1S/C20H21N5O2/c1-13(26)22-16-5-2-14(3-6-16)15-4-7-18-17(12-15)19(24-20(21)23-18)25-8-10-27-11-9-25/h2-7,12H,8-11H2,1H3,(H,22,26)(H2,21,23,24). The molecule has 0 bridgehead atoms. The number of benzene rings is 2. The molecule has 0 saturated carbocycles. The Bertz CT molecular complexity index is 982. The van der Waals surface area contributed by atoms with Gasteiger partial charge in [0.25, 0.3) is 0 Å². The van der Waals surface area contributed by atoms with E-state index in [1.807, 2.05) is 36.4 Å². The van der Waals surface area contributed by atoms with Crippen molar-refractivity contribution in [3.05, 3.63) is 42.5 Å². The van der Waals surface area contributed by atoms with Gasteiger partial charge in [-0.3, -0.25) is 4.79 Å². The largest absolute Gasteiger partial charge is 0.378 e. The maximum absolute atomic E-state index is 11.2. The molecule has 4 rings (SSSR count). The summed E-state index contributed by atoms with van der Waals surface area (Å²) in [6.07, 6.45) is 0.